The van der Waals surface area contributed by atoms with Gasteiger partial charge >= 0.3 is 0 Å². The fourth-order valence-electron chi connectivity index (χ4n) is 2.86. The molecule has 1 atom stereocenters. The average Bonchev–Trinajstić information content (AvgIpc) is 2.47. The molecule has 98 valence electrons. The van der Waals surface area contributed by atoms with Crippen LogP contribution >= 0.6 is 0 Å². The van der Waals surface area contributed by atoms with Gasteiger partial charge in [-0.15, -0.1) is 0 Å². The van der Waals surface area contributed by atoms with Gasteiger partial charge in [-0.05, 0) is 31.2 Å². The molecule has 1 saturated heterocycles. The Kier molecular flexibility index (Phi) is 3.20. The van der Waals surface area contributed by atoms with Crippen LogP contribution in [-0.2, 0) is 4.79 Å². The quantitative estimate of drug-likeness (QED) is 0.826. The van der Waals surface area contributed by atoms with Gasteiger partial charge in [0.15, 0.2) is 0 Å². The number of pyridine rings is 1. The number of anilines is 1. The van der Waals surface area contributed by atoms with E-state index in [0.717, 1.165) is 31.7 Å². The number of aromatic nitrogens is 1. The molecular weight excluding hydrogens is 236 g/mol. The van der Waals surface area contributed by atoms with Gasteiger partial charge in [0.05, 0.1) is 0 Å². The zero-order chi connectivity index (χ0) is 13.2. The van der Waals surface area contributed by atoms with Crippen molar-refractivity contribution < 1.29 is 4.79 Å². The first-order valence-corrected chi connectivity index (χ1v) is 6.85. The van der Waals surface area contributed by atoms with Gasteiger partial charge in [0.1, 0.15) is 11.6 Å². The van der Waals surface area contributed by atoms with Gasteiger partial charge in [-0.2, -0.15) is 0 Å². The number of piperidine rings is 1. The summed E-state index contributed by atoms with van der Waals surface area (Å²) in [6.45, 7) is 3.49. The number of fused-ring (bicyclic) bond motifs is 1. The van der Waals surface area contributed by atoms with Gasteiger partial charge in [-0.1, -0.05) is 24.3 Å². The second-order valence-corrected chi connectivity index (χ2v) is 5.25. The first kappa shape index (κ1) is 12.2. The van der Waals surface area contributed by atoms with Crippen molar-refractivity contribution in [2.24, 2.45) is 5.92 Å². The number of hydrogen-bond donors (Lipinski definition) is 0. The van der Waals surface area contributed by atoms with Gasteiger partial charge in [0.25, 0.3) is 0 Å². The van der Waals surface area contributed by atoms with E-state index in [4.69, 9.17) is 0 Å². The summed E-state index contributed by atoms with van der Waals surface area (Å²) in [5.74, 6) is 1.48. The van der Waals surface area contributed by atoms with E-state index in [-0.39, 0.29) is 5.92 Å². The molecule has 1 unspecified atom stereocenters. The molecule has 3 heteroatoms. The number of nitrogens with zero attached hydrogens (tertiary/aromatic N) is 2. The Morgan fingerprint density at radius 2 is 2.16 bits per heavy atom. The molecule has 1 aliphatic rings. The molecular formula is C16H18N2O. The Bertz CT molecular complexity index is 603. The molecule has 0 bridgehead atoms. The number of hydrogen-bond acceptors (Lipinski definition) is 3. The molecule has 0 saturated carbocycles. The van der Waals surface area contributed by atoms with Crippen molar-refractivity contribution in [2.75, 3.05) is 18.0 Å². The van der Waals surface area contributed by atoms with Crippen molar-refractivity contribution in [3.8, 4) is 0 Å². The third kappa shape index (κ3) is 2.33. The lowest BCUT2D eigenvalue weighted by atomic mass is 9.94. The lowest BCUT2D eigenvalue weighted by Gasteiger charge is -2.33. The third-order valence-electron chi connectivity index (χ3n) is 3.95. The van der Waals surface area contributed by atoms with Crippen LogP contribution in [-0.4, -0.2) is 23.9 Å². The summed E-state index contributed by atoms with van der Waals surface area (Å²) in [6.07, 6.45) is 3.93. The third-order valence-corrected chi connectivity index (χ3v) is 3.95. The molecule has 1 aromatic carbocycles. The van der Waals surface area contributed by atoms with E-state index in [1.54, 1.807) is 6.92 Å². The van der Waals surface area contributed by atoms with E-state index >= 15 is 0 Å². The summed E-state index contributed by atoms with van der Waals surface area (Å²) >= 11 is 0. The summed E-state index contributed by atoms with van der Waals surface area (Å²) in [5, 5.41) is 2.38. The number of Topliss-reactive ketones (excluding diaryl/α,β-unsaturated/α-hetero) is 1. The van der Waals surface area contributed by atoms with Crippen LogP contribution in [0, 0.1) is 5.92 Å². The number of rotatable bonds is 2. The van der Waals surface area contributed by atoms with Crippen molar-refractivity contribution in [1.82, 2.24) is 4.98 Å². The van der Waals surface area contributed by atoms with Crippen LogP contribution in [0.2, 0.25) is 0 Å². The second-order valence-electron chi connectivity index (χ2n) is 5.25. The van der Waals surface area contributed by atoms with E-state index in [0.29, 0.717) is 5.78 Å². The molecule has 3 rings (SSSR count). The molecule has 0 aliphatic carbocycles. The molecule has 0 amide bonds. The first-order valence-electron chi connectivity index (χ1n) is 6.85. The zero-order valence-corrected chi connectivity index (χ0v) is 11.2. The molecule has 0 spiro atoms. The number of ketones is 1. The van der Waals surface area contributed by atoms with Gasteiger partial charge in [0.2, 0.25) is 0 Å². The fraction of sp³-hybridized carbons (Fsp3) is 0.375. The summed E-state index contributed by atoms with van der Waals surface area (Å²) in [7, 11) is 0. The van der Waals surface area contributed by atoms with E-state index < -0.39 is 0 Å². The van der Waals surface area contributed by atoms with Crippen LogP contribution < -0.4 is 4.90 Å². The highest BCUT2D eigenvalue weighted by atomic mass is 16.1. The molecule has 3 nitrogen and oxygen atoms in total. The molecule has 1 fully saturated rings. The zero-order valence-electron chi connectivity index (χ0n) is 11.2. The predicted octanol–water partition coefficient (Wildman–Crippen LogP) is 3.04. The molecule has 2 aromatic rings. The van der Waals surface area contributed by atoms with Crippen LogP contribution in [0.25, 0.3) is 10.8 Å². The molecule has 1 aliphatic heterocycles. The topological polar surface area (TPSA) is 33.2 Å². The standard InChI is InChI=1S/C16H18N2O/c1-12(19)14-6-4-10-18(11-14)16-15-7-3-2-5-13(15)8-9-17-16/h2-3,5,7-9,14H,4,6,10-11H2,1H3. The SMILES string of the molecule is CC(=O)C1CCCN(c2nccc3ccccc23)C1. The predicted molar refractivity (Wildman–Crippen MR) is 77.4 cm³/mol. The van der Waals surface area contributed by atoms with Crippen molar-refractivity contribution in [1.29, 1.82) is 0 Å². The summed E-state index contributed by atoms with van der Waals surface area (Å²) in [6, 6.07) is 10.3. The monoisotopic (exact) mass is 254 g/mol. The maximum Gasteiger partial charge on any atom is 0.136 e. The Balaban J connectivity index is 1.97. The lowest BCUT2D eigenvalue weighted by molar-refractivity contribution is -0.120. The Labute approximate surface area is 113 Å². The van der Waals surface area contributed by atoms with E-state index in [9.17, 15) is 4.79 Å². The molecule has 0 radical (unpaired) electrons. The summed E-state index contributed by atoms with van der Waals surface area (Å²) in [5.41, 5.74) is 0. The van der Waals surface area contributed by atoms with Crippen LogP contribution in [0.3, 0.4) is 0 Å². The Morgan fingerprint density at radius 3 is 3.00 bits per heavy atom. The summed E-state index contributed by atoms with van der Waals surface area (Å²) in [4.78, 5) is 18.4. The number of carbonyl (C=O) groups is 1. The minimum Gasteiger partial charge on any atom is -0.355 e. The number of benzene rings is 1. The fourth-order valence-corrected chi connectivity index (χ4v) is 2.86. The minimum atomic E-state index is 0.162. The average molecular weight is 254 g/mol. The summed E-state index contributed by atoms with van der Waals surface area (Å²) < 4.78 is 0. The van der Waals surface area contributed by atoms with Crippen molar-refractivity contribution in [3.05, 3.63) is 36.5 Å². The first-order chi connectivity index (χ1) is 9.25. The van der Waals surface area contributed by atoms with Gasteiger partial charge in [-0.3, -0.25) is 4.79 Å². The van der Waals surface area contributed by atoms with Crippen LogP contribution in [0.5, 0.6) is 0 Å². The van der Waals surface area contributed by atoms with Crippen molar-refractivity contribution in [3.63, 3.8) is 0 Å². The van der Waals surface area contributed by atoms with E-state index in [1.807, 2.05) is 24.4 Å². The lowest BCUT2D eigenvalue weighted by Crippen LogP contribution is -2.38. The maximum atomic E-state index is 11.6. The Hall–Kier alpha value is -1.90. The molecule has 19 heavy (non-hydrogen) atoms. The van der Waals surface area contributed by atoms with Crippen molar-refractivity contribution >= 4 is 22.4 Å². The number of carbonyl (C=O) groups excluding carboxylic acids is 1. The maximum absolute atomic E-state index is 11.6. The van der Waals surface area contributed by atoms with Crippen LogP contribution in [0.4, 0.5) is 5.82 Å². The smallest absolute Gasteiger partial charge is 0.136 e. The van der Waals surface area contributed by atoms with E-state index in [2.05, 4.69) is 22.0 Å². The highest BCUT2D eigenvalue weighted by molar-refractivity contribution is 5.92. The van der Waals surface area contributed by atoms with Crippen LogP contribution in [0.1, 0.15) is 19.8 Å². The van der Waals surface area contributed by atoms with E-state index in [1.165, 1.54) is 10.8 Å². The molecule has 1 aromatic heterocycles. The highest BCUT2D eigenvalue weighted by Crippen LogP contribution is 2.28. The highest BCUT2D eigenvalue weighted by Gasteiger charge is 2.24. The Morgan fingerprint density at radius 1 is 1.32 bits per heavy atom. The largest absolute Gasteiger partial charge is 0.355 e. The van der Waals surface area contributed by atoms with Crippen LogP contribution in [0.15, 0.2) is 36.5 Å². The second kappa shape index (κ2) is 5.00. The van der Waals surface area contributed by atoms with Gasteiger partial charge < -0.3 is 4.90 Å². The van der Waals surface area contributed by atoms with Gasteiger partial charge in [0, 0.05) is 30.6 Å². The molecule has 2 heterocycles. The normalized spacial score (nSPS) is 19.6. The van der Waals surface area contributed by atoms with Gasteiger partial charge in [-0.25, -0.2) is 4.98 Å². The van der Waals surface area contributed by atoms with Crippen molar-refractivity contribution in [2.45, 2.75) is 19.8 Å². The molecule has 0 N–H and O–H groups in total. The minimum absolute atomic E-state index is 0.162.